The molecule has 2 amide bonds. The molecule has 7 nitrogen and oxygen atoms in total. The van der Waals surface area contributed by atoms with E-state index in [1.165, 1.54) is 12.1 Å². The summed E-state index contributed by atoms with van der Waals surface area (Å²) >= 11 is 3.48. The number of carbonyl (C=O) groups is 2. The van der Waals surface area contributed by atoms with Crippen molar-refractivity contribution in [3.63, 3.8) is 0 Å². The van der Waals surface area contributed by atoms with Gasteiger partial charge in [0.1, 0.15) is 12.6 Å². The Bertz CT molecular complexity index is 1680. The molecule has 1 aliphatic carbocycles. The molecule has 4 aromatic carbocycles. The zero-order chi connectivity index (χ0) is 31.8. The molecular formula is C36H38BrN3O4S. The minimum absolute atomic E-state index is 0.0583. The van der Waals surface area contributed by atoms with Gasteiger partial charge in [0, 0.05) is 23.5 Å². The van der Waals surface area contributed by atoms with Crippen LogP contribution in [0.25, 0.3) is 0 Å². The molecule has 0 heterocycles. The van der Waals surface area contributed by atoms with Crippen molar-refractivity contribution < 1.29 is 18.0 Å². The van der Waals surface area contributed by atoms with Gasteiger partial charge in [0.25, 0.3) is 10.0 Å². The number of rotatable bonds is 12. The molecule has 0 aromatic heterocycles. The quantitative estimate of drug-likeness (QED) is 0.181. The zero-order valence-electron chi connectivity index (χ0n) is 25.3. The minimum atomic E-state index is -4.12. The van der Waals surface area contributed by atoms with Gasteiger partial charge < -0.3 is 10.2 Å². The number of hydrogen-bond donors (Lipinski definition) is 1. The topological polar surface area (TPSA) is 86.8 Å². The van der Waals surface area contributed by atoms with Crippen molar-refractivity contribution >= 4 is 43.5 Å². The van der Waals surface area contributed by atoms with E-state index in [-0.39, 0.29) is 29.8 Å². The monoisotopic (exact) mass is 687 g/mol. The number of hydrogen-bond acceptors (Lipinski definition) is 4. The third-order valence-electron chi connectivity index (χ3n) is 8.17. The maximum Gasteiger partial charge on any atom is 0.264 e. The van der Waals surface area contributed by atoms with Gasteiger partial charge in [0.2, 0.25) is 11.8 Å². The van der Waals surface area contributed by atoms with Gasteiger partial charge in [-0.05, 0) is 67.3 Å². The van der Waals surface area contributed by atoms with Crippen molar-refractivity contribution in [2.45, 2.75) is 62.6 Å². The molecule has 0 spiro atoms. The SMILES string of the molecule is Cc1ccc(N(CC(=O)N(Cc2ccc(Br)cc2)[C@H](Cc2ccccc2)C(=O)NC2CCCC2)S(=O)(=O)c2ccccc2)cc1. The number of sulfonamides is 1. The average Bonchev–Trinajstić information content (AvgIpc) is 3.57. The smallest absolute Gasteiger partial charge is 0.264 e. The number of nitrogens with one attached hydrogen (secondary N) is 1. The molecule has 1 N–H and O–H groups in total. The van der Waals surface area contributed by atoms with Gasteiger partial charge in [-0.15, -0.1) is 0 Å². The number of anilines is 1. The van der Waals surface area contributed by atoms with Gasteiger partial charge in [0.15, 0.2) is 0 Å². The molecule has 0 saturated heterocycles. The Kier molecular flexibility index (Phi) is 10.7. The summed E-state index contributed by atoms with van der Waals surface area (Å²) in [6, 6.07) is 31.6. The lowest BCUT2D eigenvalue weighted by Gasteiger charge is -2.34. The fourth-order valence-corrected chi connectivity index (χ4v) is 7.37. The lowest BCUT2D eigenvalue weighted by Crippen LogP contribution is -2.54. The molecule has 1 aliphatic rings. The maximum absolute atomic E-state index is 14.5. The fraction of sp³-hybridized carbons (Fsp3) is 0.278. The van der Waals surface area contributed by atoms with Crippen LogP contribution in [0.4, 0.5) is 5.69 Å². The first-order valence-electron chi connectivity index (χ1n) is 15.2. The summed E-state index contributed by atoms with van der Waals surface area (Å²) in [4.78, 5) is 30.2. The average molecular weight is 689 g/mol. The predicted molar refractivity (Wildman–Crippen MR) is 181 cm³/mol. The highest BCUT2D eigenvalue weighted by molar-refractivity contribution is 9.10. The summed E-state index contributed by atoms with van der Waals surface area (Å²) in [6.07, 6.45) is 4.21. The third-order valence-corrected chi connectivity index (χ3v) is 10.5. The molecule has 0 bridgehead atoms. The van der Waals surface area contributed by atoms with Crippen LogP contribution in [0.5, 0.6) is 0 Å². The van der Waals surface area contributed by atoms with Gasteiger partial charge in [0.05, 0.1) is 10.6 Å². The highest BCUT2D eigenvalue weighted by Gasteiger charge is 2.35. The van der Waals surface area contributed by atoms with Crippen molar-refractivity contribution in [3.05, 3.63) is 130 Å². The van der Waals surface area contributed by atoms with E-state index in [1.54, 1.807) is 35.2 Å². The number of aryl methyl sites for hydroxylation is 1. The Balaban J connectivity index is 1.55. The Hall–Kier alpha value is -3.95. The van der Waals surface area contributed by atoms with Crippen LogP contribution in [-0.4, -0.2) is 43.8 Å². The fourth-order valence-electron chi connectivity index (χ4n) is 5.67. The van der Waals surface area contributed by atoms with Crippen molar-refractivity contribution in [2.24, 2.45) is 0 Å². The van der Waals surface area contributed by atoms with Crippen molar-refractivity contribution in [1.82, 2.24) is 10.2 Å². The highest BCUT2D eigenvalue weighted by atomic mass is 79.9. The van der Waals surface area contributed by atoms with Crippen LogP contribution in [-0.2, 0) is 32.6 Å². The normalized spacial score (nSPS) is 14.1. The van der Waals surface area contributed by atoms with E-state index in [4.69, 9.17) is 0 Å². The standard InChI is InChI=1S/C36H38BrN3O4S/c1-27-16-22-32(23-17-27)40(45(43,44)33-14-6-3-7-15-33)26-35(41)39(25-29-18-20-30(37)21-19-29)34(24-28-10-4-2-5-11-28)36(42)38-31-12-8-9-13-31/h2-7,10-11,14-23,31,34H,8-9,12-13,24-26H2,1H3,(H,38,42)/t34-/m1/s1. The van der Waals surface area contributed by atoms with Gasteiger partial charge in [-0.2, -0.15) is 0 Å². The van der Waals surface area contributed by atoms with E-state index >= 15 is 0 Å². The lowest BCUT2D eigenvalue weighted by molar-refractivity contribution is -0.140. The van der Waals surface area contributed by atoms with E-state index in [1.807, 2.05) is 73.7 Å². The highest BCUT2D eigenvalue weighted by Crippen LogP contribution is 2.26. The van der Waals surface area contributed by atoms with Crippen LogP contribution < -0.4 is 9.62 Å². The predicted octanol–water partition coefficient (Wildman–Crippen LogP) is 6.65. The number of halogens is 1. The number of carbonyl (C=O) groups excluding carboxylic acids is 2. The molecule has 45 heavy (non-hydrogen) atoms. The second kappa shape index (κ2) is 14.9. The van der Waals surface area contributed by atoms with Gasteiger partial charge in [-0.25, -0.2) is 8.42 Å². The van der Waals surface area contributed by atoms with E-state index in [2.05, 4.69) is 21.2 Å². The molecule has 4 aromatic rings. The number of benzene rings is 4. The van der Waals surface area contributed by atoms with E-state index < -0.39 is 28.5 Å². The molecule has 1 atom stereocenters. The molecule has 0 aliphatic heterocycles. The van der Waals surface area contributed by atoms with Crippen LogP contribution in [0, 0.1) is 6.92 Å². The molecule has 1 fully saturated rings. The third kappa shape index (κ3) is 8.41. The summed E-state index contributed by atoms with van der Waals surface area (Å²) in [5, 5.41) is 3.20. The van der Waals surface area contributed by atoms with Crippen molar-refractivity contribution in [2.75, 3.05) is 10.8 Å². The second-order valence-electron chi connectivity index (χ2n) is 11.5. The van der Waals surface area contributed by atoms with E-state index in [0.29, 0.717) is 5.69 Å². The molecule has 9 heteroatoms. The van der Waals surface area contributed by atoms with Crippen molar-refractivity contribution in [1.29, 1.82) is 0 Å². The van der Waals surface area contributed by atoms with Gasteiger partial charge in [-0.1, -0.05) is 107 Å². The summed E-state index contributed by atoms with van der Waals surface area (Å²) in [5.74, 6) is -0.704. The van der Waals surface area contributed by atoms with E-state index in [0.717, 1.165) is 51.2 Å². The van der Waals surface area contributed by atoms with Gasteiger partial charge >= 0.3 is 0 Å². The first kappa shape index (κ1) is 32.4. The van der Waals surface area contributed by atoms with Crippen LogP contribution >= 0.6 is 15.9 Å². The summed E-state index contributed by atoms with van der Waals surface area (Å²) < 4.78 is 30.2. The molecule has 0 radical (unpaired) electrons. The minimum Gasteiger partial charge on any atom is -0.352 e. The van der Waals surface area contributed by atoms with Crippen molar-refractivity contribution in [3.8, 4) is 0 Å². The maximum atomic E-state index is 14.5. The Morgan fingerprint density at radius 2 is 1.42 bits per heavy atom. The summed E-state index contributed by atoms with van der Waals surface area (Å²) in [7, 11) is -4.12. The summed E-state index contributed by atoms with van der Waals surface area (Å²) in [5.41, 5.74) is 3.07. The Morgan fingerprint density at radius 3 is 2.04 bits per heavy atom. The van der Waals surface area contributed by atoms with E-state index in [9.17, 15) is 18.0 Å². The lowest BCUT2D eigenvalue weighted by atomic mass is 10.0. The molecular weight excluding hydrogens is 650 g/mol. The molecule has 1 saturated carbocycles. The van der Waals surface area contributed by atoms with Crippen LogP contribution in [0.2, 0.25) is 0 Å². The Labute approximate surface area is 274 Å². The Morgan fingerprint density at radius 1 is 0.822 bits per heavy atom. The first-order chi connectivity index (χ1) is 21.7. The number of nitrogens with zero attached hydrogens (tertiary/aromatic N) is 2. The largest absolute Gasteiger partial charge is 0.352 e. The van der Waals surface area contributed by atoms with Gasteiger partial charge in [-0.3, -0.25) is 13.9 Å². The van der Waals surface area contributed by atoms with Crippen LogP contribution in [0.15, 0.2) is 119 Å². The first-order valence-corrected chi connectivity index (χ1v) is 17.5. The zero-order valence-corrected chi connectivity index (χ0v) is 27.7. The number of amides is 2. The van der Waals surface area contributed by atoms with Crippen LogP contribution in [0.3, 0.4) is 0 Å². The molecule has 5 rings (SSSR count). The van der Waals surface area contributed by atoms with Crippen LogP contribution in [0.1, 0.15) is 42.4 Å². The molecule has 0 unspecified atom stereocenters. The molecule has 234 valence electrons. The summed E-state index contributed by atoms with van der Waals surface area (Å²) in [6.45, 7) is 1.58. The second-order valence-corrected chi connectivity index (χ2v) is 14.3.